The molecule has 0 bridgehead atoms. The van der Waals surface area contributed by atoms with Crippen LogP contribution in [0.15, 0.2) is 24.1 Å². The van der Waals surface area contributed by atoms with Crippen molar-refractivity contribution in [3.63, 3.8) is 0 Å². The van der Waals surface area contributed by atoms with Gasteiger partial charge in [0.25, 0.3) is 0 Å². The Kier molecular flexibility index (Phi) is 3.76. The topological polar surface area (TPSA) is 23.9 Å². The SMILES string of the molecule is C/C(C=N)=C/C=C/F. The molecule has 0 saturated carbocycles. The first kappa shape index (κ1) is 7.08. The Morgan fingerprint density at radius 1 is 1.62 bits per heavy atom. The van der Waals surface area contributed by atoms with E-state index in [0.717, 1.165) is 5.57 Å². The Morgan fingerprint density at radius 3 is 2.62 bits per heavy atom. The molecular formula is C6H8FN. The summed E-state index contributed by atoms with van der Waals surface area (Å²) in [6.07, 6.45) is 4.38. The highest BCUT2D eigenvalue weighted by Crippen LogP contribution is 1.86. The van der Waals surface area contributed by atoms with Crippen molar-refractivity contribution in [2.45, 2.75) is 6.92 Å². The third-order valence-corrected chi connectivity index (χ3v) is 0.660. The fourth-order valence-corrected chi connectivity index (χ4v) is 0.236. The summed E-state index contributed by atoms with van der Waals surface area (Å²) < 4.78 is 11.2. The summed E-state index contributed by atoms with van der Waals surface area (Å²) in [6, 6.07) is 0. The van der Waals surface area contributed by atoms with Gasteiger partial charge in [0.2, 0.25) is 0 Å². The van der Waals surface area contributed by atoms with Crippen LogP contribution in [0.5, 0.6) is 0 Å². The third-order valence-electron chi connectivity index (χ3n) is 0.660. The molecule has 0 aliphatic rings. The van der Waals surface area contributed by atoms with E-state index in [-0.39, 0.29) is 0 Å². The van der Waals surface area contributed by atoms with Crippen molar-refractivity contribution in [3.8, 4) is 0 Å². The van der Waals surface area contributed by atoms with Crippen LogP contribution in [0.25, 0.3) is 0 Å². The highest BCUT2D eigenvalue weighted by Gasteiger charge is 1.72. The quantitative estimate of drug-likeness (QED) is 0.418. The number of hydrogen-bond acceptors (Lipinski definition) is 1. The van der Waals surface area contributed by atoms with Gasteiger partial charge in [0, 0.05) is 6.21 Å². The molecule has 0 fully saturated rings. The molecule has 0 aromatic heterocycles. The number of hydrogen-bond donors (Lipinski definition) is 1. The molecule has 0 aromatic rings. The third kappa shape index (κ3) is 3.28. The lowest BCUT2D eigenvalue weighted by atomic mass is 10.3. The van der Waals surface area contributed by atoms with Crippen molar-refractivity contribution < 1.29 is 4.39 Å². The smallest absolute Gasteiger partial charge is 0.0867 e. The maximum absolute atomic E-state index is 11.2. The van der Waals surface area contributed by atoms with Crippen molar-refractivity contribution in [1.29, 1.82) is 5.41 Å². The van der Waals surface area contributed by atoms with E-state index in [1.807, 2.05) is 0 Å². The molecular weight excluding hydrogens is 105 g/mol. The van der Waals surface area contributed by atoms with Gasteiger partial charge in [-0.1, -0.05) is 6.08 Å². The molecule has 1 N–H and O–H groups in total. The van der Waals surface area contributed by atoms with Gasteiger partial charge in [-0.25, -0.2) is 4.39 Å². The first-order valence-corrected chi connectivity index (χ1v) is 2.25. The van der Waals surface area contributed by atoms with Gasteiger partial charge in [0.05, 0.1) is 6.33 Å². The van der Waals surface area contributed by atoms with E-state index in [0.29, 0.717) is 6.33 Å². The Hall–Kier alpha value is -0.920. The van der Waals surface area contributed by atoms with Gasteiger partial charge in [-0.3, -0.25) is 0 Å². The lowest BCUT2D eigenvalue weighted by Gasteiger charge is -1.79. The molecule has 0 heterocycles. The van der Waals surface area contributed by atoms with Gasteiger partial charge in [0.1, 0.15) is 0 Å². The van der Waals surface area contributed by atoms with E-state index in [9.17, 15) is 4.39 Å². The van der Waals surface area contributed by atoms with E-state index in [1.165, 1.54) is 18.4 Å². The molecule has 0 amide bonds. The predicted molar refractivity (Wildman–Crippen MR) is 32.8 cm³/mol. The summed E-state index contributed by atoms with van der Waals surface area (Å²) in [5, 5.41) is 6.64. The largest absolute Gasteiger partial charge is 0.308 e. The first-order chi connectivity index (χ1) is 3.81. The van der Waals surface area contributed by atoms with Crippen molar-refractivity contribution >= 4 is 6.21 Å². The molecule has 1 nitrogen and oxygen atoms in total. The molecule has 44 valence electrons. The van der Waals surface area contributed by atoms with Gasteiger partial charge in [-0.2, -0.15) is 0 Å². The maximum Gasteiger partial charge on any atom is 0.0867 e. The predicted octanol–water partition coefficient (Wildman–Crippen LogP) is 2.07. The zero-order valence-corrected chi connectivity index (χ0v) is 4.69. The summed E-state index contributed by atoms with van der Waals surface area (Å²) in [6.45, 7) is 1.73. The lowest BCUT2D eigenvalue weighted by Crippen LogP contribution is -1.69. The summed E-state index contributed by atoms with van der Waals surface area (Å²) in [5.74, 6) is 0. The molecule has 8 heavy (non-hydrogen) atoms. The zero-order chi connectivity index (χ0) is 6.41. The molecule has 0 saturated heterocycles. The van der Waals surface area contributed by atoms with E-state index in [2.05, 4.69) is 0 Å². The van der Waals surface area contributed by atoms with Crippen molar-refractivity contribution in [3.05, 3.63) is 24.1 Å². The molecule has 0 aliphatic carbocycles. The number of nitrogens with one attached hydrogen (secondary N) is 1. The Bertz CT molecular complexity index is 124. The van der Waals surface area contributed by atoms with Crippen molar-refractivity contribution in [1.82, 2.24) is 0 Å². The standard InChI is InChI=1S/C6H8FN/c1-6(5-8)3-2-4-7/h2-5,8H,1H3/b4-2+,6-3-,8-5?. The maximum atomic E-state index is 11.2. The molecule has 0 spiro atoms. The lowest BCUT2D eigenvalue weighted by molar-refractivity contribution is 0.721. The summed E-state index contributed by atoms with van der Waals surface area (Å²) >= 11 is 0. The number of rotatable bonds is 2. The molecule has 0 radical (unpaired) electrons. The minimum Gasteiger partial charge on any atom is -0.308 e. The average Bonchev–Trinajstić information content (AvgIpc) is 1.83. The zero-order valence-electron chi connectivity index (χ0n) is 4.69. The minimum absolute atomic E-state index is 0.438. The van der Waals surface area contributed by atoms with Crippen LogP contribution in [0.2, 0.25) is 0 Å². The Labute approximate surface area is 48.0 Å². The molecule has 0 aliphatic heterocycles. The molecule has 0 rings (SSSR count). The van der Waals surface area contributed by atoms with Crippen LogP contribution < -0.4 is 0 Å². The van der Waals surface area contributed by atoms with Gasteiger partial charge in [-0.15, -0.1) is 0 Å². The fraction of sp³-hybridized carbons (Fsp3) is 0.167. The van der Waals surface area contributed by atoms with Crippen molar-refractivity contribution in [2.24, 2.45) is 0 Å². The highest BCUT2D eigenvalue weighted by atomic mass is 19.1. The Morgan fingerprint density at radius 2 is 2.25 bits per heavy atom. The first-order valence-electron chi connectivity index (χ1n) is 2.25. The van der Waals surface area contributed by atoms with Gasteiger partial charge < -0.3 is 5.41 Å². The minimum atomic E-state index is 0.438. The van der Waals surface area contributed by atoms with E-state index >= 15 is 0 Å². The van der Waals surface area contributed by atoms with Gasteiger partial charge in [-0.05, 0) is 18.6 Å². The normalized spacial score (nSPS) is 12.5. The van der Waals surface area contributed by atoms with Crippen LogP contribution in [0.1, 0.15) is 6.92 Å². The summed E-state index contributed by atoms with van der Waals surface area (Å²) in [7, 11) is 0. The van der Waals surface area contributed by atoms with Crippen LogP contribution in [-0.4, -0.2) is 6.21 Å². The number of allylic oxidation sites excluding steroid dienone is 3. The fourth-order valence-electron chi connectivity index (χ4n) is 0.236. The number of halogens is 1. The van der Waals surface area contributed by atoms with Gasteiger partial charge >= 0.3 is 0 Å². The van der Waals surface area contributed by atoms with Crippen LogP contribution in [-0.2, 0) is 0 Å². The molecule has 2 heteroatoms. The summed E-state index contributed by atoms with van der Waals surface area (Å²) in [4.78, 5) is 0. The monoisotopic (exact) mass is 113 g/mol. The Balaban J connectivity index is 3.74. The second kappa shape index (κ2) is 4.24. The van der Waals surface area contributed by atoms with E-state index < -0.39 is 0 Å². The van der Waals surface area contributed by atoms with Gasteiger partial charge in [0.15, 0.2) is 0 Å². The van der Waals surface area contributed by atoms with E-state index in [1.54, 1.807) is 6.92 Å². The highest BCUT2D eigenvalue weighted by molar-refractivity contribution is 5.75. The molecule has 0 aromatic carbocycles. The van der Waals surface area contributed by atoms with Crippen LogP contribution in [0.4, 0.5) is 4.39 Å². The average molecular weight is 113 g/mol. The van der Waals surface area contributed by atoms with E-state index in [4.69, 9.17) is 5.41 Å². The van der Waals surface area contributed by atoms with Crippen LogP contribution >= 0.6 is 0 Å². The molecule has 0 atom stereocenters. The second-order valence-electron chi connectivity index (χ2n) is 1.37. The van der Waals surface area contributed by atoms with Crippen LogP contribution in [0.3, 0.4) is 0 Å². The molecule has 0 unspecified atom stereocenters. The second-order valence-corrected chi connectivity index (χ2v) is 1.37. The van der Waals surface area contributed by atoms with Crippen LogP contribution in [0, 0.1) is 5.41 Å². The van der Waals surface area contributed by atoms with Crippen molar-refractivity contribution in [2.75, 3.05) is 0 Å². The summed E-state index contributed by atoms with van der Waals surface area (Å²) in [5.41, 5.74) is 0.735.